The zero-order valence-corrected chi connectivity index (χ0v) is 6.64. The molecule has 0 aromatic heterocycles. The maximum Gasteiger partial charge on any atom is 0.262 e. The molecule has 0 spiro atoms. The van der Waals surface area contributed by atoms with Crippen LogP contribution >= 0.6 is 0 Å². The molecule has 0 bridgehead atoms. The van der Waals surface area contributed by atoms with Crippen molar-refractivity contribution in [3.8, 4) is 0 Å². The van der Waals surface area contributed by atoms with Crippen LogP contribution in [0.2, 0.25) is 0 Å². The minimum Gasteiger partial charge on any atom is -0.388 e. The summed E-state index contributed by atoms with van der Waals surface area (Å²) in [7, 11) is 0. The van der Waals surface area contributed by atoms with Gasteiger partial charge in [0.05, 0.1) is 6.04 Å². The Balaban J connectivity index is 2.91. The molecule has 0 fully saturated rings. The fourth-order valence-corrected chi connectivity index (χ4v) is 1.23. The number of hydrogen-bond donors (Lipinski definition) is 4. The molecule has 0 heterocycles. The topological polar surface area (TPSA) is 86.7 Å². The fraction of sp³-hybridized carbons (Fsp3) is 0.714. The third-order valence-corrected chi connectivity index (χ3v) is 2.05. The van der Waals surface area contributed by atoms with E-state index in [1.807, 2.05) is 0 Å². The van der Waals surface area contributed by atoms with Crippen molar-refractivity contribution in [1.29, 1.82) is 0 Å². The number of halogens is 2. The third kappa shape index (κ3) is 1.86. The SMILES string of the molecule is N[C@@H]1C=C(C(F)F)[C@H](O)[C@H](O)[C@H]1O. The Morgan fingerprint density at radius 3 is 2.23 bits per heavy atom. The van der Waals surface area contributed by atoms with E-state index in [1.54, 1.807) is 0 Å². The Morgan fingerprint density at radius 2 is 1.77 bits per heavy atom. The number of aliphatic hydroxyl groups is 3. The van der Waals surface area contributed by atoms with E-state index in [1.165, 1.54) is 0 Å². The third-order valence-electron chi connectivity index (χ3n) is 2.05. The van der Waals surface area contributed by atoms with Crippen LogP contribution < -0.4 is 5.73 Å². The van der Waals surface area contributed by atoms with Crippen molar-refractivity contribution in [1.82, 2.24) is 0 Å². The lowest BCUT2D eigenvalue weighted by molar-refractivity contribution is -0.0656. The van der Waals surface area contributed by atoms with E-state index in [2.05, 4.69) is 0 Å². The minimum atomic E-state index is -2.87. The maximum atomic E-state index is 12.2. The van der Waals surface area contributed by atoms with Crippen molar-refractivity contribution in [2.45, 2.75) is 30.8 Å². The van der Waals surface area contributed by atoms with Crippen LogP contribution in [-0.4, -0.2) is 46.1 Å². The molecule has 6 heteroatoms. The van der Waals surface area contributed by atoms with Crippen LogP contribution in [0.5, 0.6) is 0 Å². The summed E-state index contributed by atoms with van der Waals surface area (Å²) in [4.78, 5) is 0. The van der Waals surface area contributed by atoms with Gasteiger partial charge in [0.25, 0.3) is 6.43 Å². The van der Waals surface area contributed by atoms with Gasteiger partial charge in [0.15, 0.2) is 0 Å². The summed E-state index contributed by atoms with van der Waals surface area (Å²) in [6, 6.07) is -1.07. The lowest BCUT2D eigenvalue weighted by Gasteiger charge is -2.32. The molecule has 1 aliphatic carbocycles. The number of aliphatic hydroxyl groups excluding tert-OH is 3. The zero-order valence-electron chi connectivity index (χ0n) is 6.64. The lowest BCUT2D eigenvalue weighted by atomic mass is 9.89. The maximum absolute atomic E-state index is 12.2. The first-order valence-electron chi connectivity index (χ1n) is 3.74. The number of rotatable bonds is 1. The van der Waals surface area contributed by atoms with Crippen LogP contribution in [0.15, 0.2) is 11.6 Å². The molecule has 5 N–H and O–H groups in total. The van der Waals surface area contributed by atoms with E-state index in [0.29, 0.717) is 0 Å². The average Bonchev–Trinajstić information content (AvgIpc) is 2.07. The van der Waals surface area contributed by atoms with Gasteiger partial charge in [-0.05, 0) is 0 Å². The molecule has 76 valence electrons. The average molecular weight is 195 g/mol. The number of alkyl halides is 2. The summed E-state index contributed by atoms with van der Waals surface area (Å²) in [6.07, 6.45) is -6.79. The van der Waals surface area contributed by atoms with Crippen molar-refractivity contribution >= 4 is 0 Å². The molecule has 0 unspecified atom stereocenters. The number of nitrogens with two attached hydrogens (primary N) is 1. The van der Waals surface area contributed by atoms with Crippen molar-refractivity contribution in [3.05, 3.63) is 11.6 Å². The highest BCUT2D eigenvalue weighted by molar-refractivity contribution is 5.22. The summed E-state index contributed by atoms with van der Waals surface area (Å²) < 4.78 is 24.3. The van der Waals surface area contributed by atoms with Gasteiger partial charge in [-0.25, -0.2) is 8.78 Å². The Bertz CT molecular complexity index is 222. The first-order valence-corrected chi connectivity index (χ1v) is 3.74. The highest BCUT2D eigenvalue weighted by Gasteiger charge is 2.38. The molecule has 4 nitrogen and oxygen atoms in total. The van der Waals surface area contributed by atoms with Gasteiger partial charge in [0.2, 0.25) is 0 Å². The molecule has 1 rings (SSSR count). The van der Waals surface area contributed by atoms with E-state index in [4.69, 9.17) is 21.1 Å². The standard InChI is InChI=1S/C7H11F2NO3/c8-7(9)2-1-3(10)5(12)6(13)4(2)11/h1,3-7,11-13H,10H2/t3-,4+,5+,6+/m1/s1. The Hall–Kier alpha value is -0.560. The summed E-state index contributed by atoms with van der Waals surface area (Å²) in [5, 5.41) is 27.3. The summed E-state index contributed by atoms with van der Waals surface area (Å²) in [5.74, 6) is 0. The Kier molecular flexibility index (Phi) is 2.97. The van der Waals surface area contributed by atoms with Gasteiger partial charge in [-0.15, -0.1) is 0 Å². The van der Waals surface area contributed by atoms with Gasteiger partial charge in [-0.2, -0.15) is 0 Å². The molecule has 0 saturated heterocycles. The van der Waals surface area contributed by atoms with E-state index in [-0.39, 0.29) is 0 Å². The smallest absolute Gasteiger partial charge is 0.262 e. The van der Waals surface area contributed by atoms with Crippen molar-refractivity contribution in [2.75, 3.05) is 0 Å². The molecule has 1 aliphatic rings. The number of hydrogen-bond acceptors (Lipinski definition) is 4. The van der Waals surface area contributed by atoms with Gasteiger partial charge in [-0.1, -0.05) is 6.08 Å². The summed E-state index contributed by atoms with van der Waals surface area (Å²) in [5.41, 5.74) is 4.59. The van der Waals surface area contributed by atoms with Crippen LogP contribution in [0.1, 0.15) is 0 Å². The van der Waals surface area contributed by atoms with Gasteiger partial charge in [-0.3, -0.25) is 0 Å². The predicted octanol–water partition coefficient (Wildman–Crippen LogP) is -1.40. The minimum absolute atomic E-state index is 0.634. The van der Waals surface area contributed by atoms with E-state index in [9.17, 15) is 8.78 Å². The molecule has 13 heavy (non-hydrogen) atoms. The molecular weight excluding hydrogens is 184 g/mol. The van der Waals surface area contributed by atoms with Gasteiger partial charge in [0, 0.05) is 5.57 Å². The molecule has 0 aromatic rings. The van der Waals surface area contributed by atoms with Crippen molar-refractivity contribution in [3.63, 3.8) is 0 Å². The quantitative estimate of drug-likeness (QED) is 0.388. The van der Waals surface area contributed by atoms with Crippen molar-refractivity contribution in [2.24, 2.45) is 5.73 Å². The fourth-order valence-electron chi connectivity index (χ4n) is 1.23. The van der Waals surface area contributed by atoms with E-state index < -0.39 is 36.4 Å². The van der Waals surface area contributed by atoms with Crippen LogP contribution in [0.3, 0.4) is 0 Å². The molecule has 0 aromatic carbocycles. The zero-order chi connectivity index (χ0) is 10.2. The van der Waals surface area contributed by atoms with Crippen LogP contribution in [0.4, 0.5) is 8.78 Å². The van der Waals surface area contributed by atoms with Crippen LogP contribution in [0, 0.1) is 0 Å². The normalized spacial score (nSPS) is 40.7. The first kappa shape index (κ1) is 10.5. The Labute approximate surface area is 73.3 Å². The summed E-state index contributed by atoms with van der Waals surface area (Å²) in [6.45, 7) is 0. The molecule has 0 radical (unpaired) electrons. The first-order chi connectivity index (χ1) is 5.95. The van der Waals surface area contributed by atoms with Crippen LogP contribution in [0.25, 0.3) is 0 Å². The van der Waals surface area contributed by atoms with Gasteiger partial charge < -0.3 is 21.1 Å². The highest BCUT2D eigenvalue weighted by atomic mass is 19.3. The second-order valence-electron chi connectivity index (χ2n) is 2.97. The largest absolute Gasteiger partial charge is 0.388 e. The molecule has 0 aliphatic heterocycles. The molecular formula is C7H11F2NO3. The molecule has 4 atom stereocenters. The highest BCUT2D eigenvalue weighted by Crippen LogP contribution is 2.23. The monoisotopic (exact) mass is 195 g/mol. The van der Waals surface area contributed by atoms with Crippen molar-refractivity contribution < 1.29 is 24.1 Å². The second kappa shape index (κ2) is 3.67. The predicted molar refractivity (Wildman–Crippen MR) is 40.1 cm³/mol. The molecule has 0 amide bonds. The van der Waals surface area contributed by atoms with E-state index in [0.717, 1.165) is 6.08 Å². The lowest BCUT2D eigenvalue weighted by Crippen LogP contribution is -2.52. The van der Waals surface area contributed by atoms with E-state index >= 15 is 0 Å². The van der Waals surface area contributed by atoms with Gasteiger partial charge in [0.1, 0.15) is 18.3 Å². The van der Waals surface area contributed by atoms with Crippen LogP contribution in [-0.2, 0) is 0 Å². The molecule has 0 saturated carbocycles. The summed E-state index contributed by atoms with van der Waals surface area (Å²) >= 11 is 0. The Morgan fingerprint density at radius 1 is 1.23 bits per heavy atom. The van der Waals surface area contributed by atoms with Gasteiger partial charge >= 0.3 is 0 Å². The second-order valence-corrected chi connectivity index (χ2v) is 2.97.